The van der Waals surface area contributed by atoms with E-state index in [-0.39, 0.29) is 28.2 Å². The lowest BCUT2D eigenvalue weighted by molar-refractivity contribution is -0.137. The zero-order valence-corrected chi connectivity index (χ0v) is 16.3. The van der Waals surface area contributed by atoms with Crippen molar-refractivity contribution in [3.8, 4) is 22.6 Å². The minimum absolute atomic E-state index is 0.00633. The third-order valence-corrected chi connectivity index (χ3v) is 5.07. The smallest absolute Gasteiger partial charge is 0.417 e. The molecule has 4 rings (SSSR count). The minimum Gasteiger partial charge on any atom is -0.493 e. The Labute approximate surface area is 174 Å². The predicted octanol–water partition coefficient (Wildman–Crippen LogP) is 3.37. The molecule has 0 unspecified atom stereocenters. The molecule has 2 heterocycles. The molecule has 11 heteroatoms. The molecule has 7 nitrogen and oxygen atoms in total. The van der Waals surface area contributed by atoms with E-state index in [4.69, 9.17) is 27.8 Å². The minimum atomic E-state index is -4.66. The molecule has 30 heavy (non-hydrogen) atoms. The van der Waals surface area contributed by atoms with E-state index < -0.39 is 11.7 Å². The first kappa shape index (κ1) is 20.3. The van der Waals surface area contributed by atoms with Crippen LogP contribution in [0.3, 0.4) is 0 Å². The first-order valence-electron chi connectivity index (χ1n) is 9.05. The molecule has 5 N–H and O–H groups in total. The first-order chi connectivity index (χ1) is 14.2. The number of halogens is 4. The molecule has 0 aliphatic carbocycles. The van der Waals surface area contributed by atoms with Gasteiger partial charge < -0.3 is 21.5 Å². The second-order valence-electron chi connectivity index (χ2n) is 6.95. The number of ether oxygens (including phenoxy) is 1. The maximum atomic E-state index is 13.9. The lowest BCUT2D eigenvalue weighted by Crippen LogP contribution is -2.45. The molecule has 1 aliphatic heterocycles. The molecule has 158 valence electrons. The second-order valence-corrected chi connectivity index (χ2v) is 7.35. The normalized spacial score (nSPS) is 14.5. The van der Waals surface area contributed by atoms with E-state index >= 15 is 0 Å². The monoisotopic (exact) mass is 438 g/mol. The summed E-state index contributed by atoms with van der Waals surface area (Å²) < 4.78 is 48.3. The summed E-state index contributed by atoms with van der Waals surface area (Å²) in [4.78, 5) is 3.70. The molecule has 1 saturated heterocycles. The van der Waals surface area contributed by atoms with Crippen LogP contribution in [0.25, 0.3) is 16.8 Å². The summed E-state index contributed by atoms with van der Waals surface area (Å²) in [6.07, 6.45) is -4.66. The Hall–Kier alpha value is -2.98. The number of hydrogen-bond acceptors (Lipinski definition) is 6. The largest absolute Gasteiger partial charge is 0.493 e. The molecule has 3 aromatic rings. The van der Waals surface area contributed by atoms with Crippen LogP contribution in [-0.2, 0) is 6.18 Å². The van der Waals surface area contributed by atoms with Crippen LogP contribution >= 0.6 is 11.6 Å². The van der Waals surface area contributed by atoms with Gasteiger partial charge in [0.05, 0.1) is 22.9 Å². The first-order valence-corrected chi connectivity index (χ1v) is 9.43. The molecular weight excluding hydrogens is 421 g/mol. The number of nitrogens with zero attached hydrogens (tertiary/aromatic N) is 3. The van der Waals surface area contributed by atoms with Crippen LogP contribution in [0.1, 0.15) is 5.56 Å². The van der Waals surface area contributed by atoms with Gasteiger partial charge in [0.25, 0.3) is 0 Å². The van der Waals surface area contributed by atoms with Gasteiger partial charge in [-0.15, -0.1) is 5.10 Å². The number of anilines is 2. The molecule has 0 saturated carbocycles. The van der Waals surface area contributed by atoms with Gasteiger partial charge in [0, 0.05) is 24.6 Å². The highest BCUT2D eigenvalue weighted by molar-refractivity contribution is 6.33. The van der Waals surface area contributed by atoms with Crippen molar-refractivity contribution in [2.75, 3.05) is 31.2 Å². The molecule has 0 spiro atoms. The molecule has 2 aromatic carbocycles. The van der Waals surface area contributed by atoms with E-state index in [0.717, 1.165) is 23.8 Å². The molecule has 0 atom stereocenters. The fraction of sp³-hybridized carbons (Fsp3) is 0.263. The molecule has 1 fully saturated rings. The van der Waals surface area contributed by atoms with Crippen LogP contribution in [0.4, 0.5) is 25.1 Å². The average Bonchev–Trinajstić information content (AvgIpc) is 2.98. The van der Waals surface area contributed by atoms with Gasteiger partial charge in [-0.25, -0.2) is 0 Å². The summed E-state index contributed by atoms with van der Waals surface area (Å²) in [5.74, 6) is 0.724. The van der Waals surface area contributed by atoms with Crippen LogP contribution < -0.4 is 21.5 Å². The Morgan fingerprint density at radius 1 is 1.17 bits per heavy atom. The van der Waals surface area contributed by atoms with Crippen molar-refractivity contribution in [1.82, 2.24) is 20.1 Å². The van der Waals surface area contributed by atoms with Crippen LogP contribution in [0.2, 0.25) is 5.02 Å². The summed E-state index contributed by atoms with van der Waals surface area (Å²) in [6, 6.07) is 8.60. The molecule has 0 bridgehead atoms. The van der Waals surface area contributed by atoms with Crippen LogP contribution in [0.15, 0.2) is 36.4 Å². The third-order valence-electron chi connectivity index (χ3n) is 4.77. The van der Waals surface area contributed by atoms with Crippen molar-refractivity contribution >= 4 is 23.5 Å². The number of nitrogens with two attached hydrogens (primary N) is 2. The maximum absolute atomic E-state index is 13.9. The van der Waals surface area contributed by atoms with E-state index in [2.05, 4.69) is 15.4 Å². The predicted molar refractivity (Wildman–Crippen MR) is 107 cm³/mol. The van der Waals surface area contributed by atoms with Crippen molar-refractivity contribution in [1.29, 1.82) is 0 Å². The molecule has 0 amide bonds. The van der Waals surface area contributed by atoms with Gasteiger partial charge in [0.15, 0.2) is 0 Å². The average molecular weight is 439 g/mol. The Bertz CT molecular complexity index is 1060. The van der Waals surface area contributed by atoms with Gasteiger partial charge in [-0.1, -0.05) is 23.7 Å². The number of rotatable bonds is 5. The second kappa shape index (κ2) is 7.69. The zero-order chi connectivity index (χ0) is 21.5. The number of nitrogens with one attached hydrogen (secondary N) is 1. The summed E-state index contributed by atoms with van der Waals surface area (Å²) in [6.45, 7) is 2.35. The SMILES string of the molecule is Nc1nc(N)n(-c2cc(Cl)c(-c3ccc(OCC4CNC4)cc3)c(C(F)(F)F)c2)n1. The summed E-state index contributed by atoms with van der Waals surface area (Å²) in [5, 5.41) is 6.86. The fourth-order valence-electron chi connectivity index (χ4n) is 3.16. The summed E-state index contributed by atoms with van der Waals surface area (Å²) in [7, 11) is 0. The van der Waals surface area contributed by atoms with Crippen LogP contribution in [0.5, 0.6) is 5.75 Å². The van der Waals surface area contributed by atoms with Gasteiger partial charge in [-0.3, -0.25) is 0 Å². The maximum Gasteiger partial charge on any atom is 0.417 e. The lowest BCUT2D eigenvalue weighted by Gasteiger charge is -2.26. The van der Waals surface area contributed by atoms with E-state index in [9.17, 15) is 13.2 Å². The van der Waals surface area contributed by atoms with E-state index in [1.54, 1.807) is 24.3 Å². The third kappa shape index (κ3) is 4.01. The zero-order valence-electron chi connectivity index (χ0n) is 15.6. The molecule has 0 radical (unpaired) electrons. The van der Waals surface area contributed by atoms with Crippen molar-refractivity contribution in [2.45, 2.75) is 6.18 Å². The quantitative estimate of drug-likeness (QED) is 0.564. The molecule has 1 aliphatic rings. The van der Waals surface area contributed by atoms with Crippen molar-refractivity contribution in [3.05, 3.63) is 47.0 Å². The standard InChI is InChI=1S/C19H18ClF3N6O/c20-15-6-12(29-18(25)27-17(24)28-29)5-14(19(21,22)23)16(15)11-1-3-13(4-2-11)30-9-10-7-26-8-10/h1-6,10,26H,7-9H2,(H4,24,25,27,28). The van der Waals surface area contributed by atoms with Gasteiger partial charge >= 0.3 is 6.18 Å². The van der Waals surface area contributed by atoms with Crippen molar-refractivity contribution < 1.29 is 17.9 Å². The highest BCUT2D eigenvalue weighted by atomic mass is 35.5. The van der Waals surface area contributed by atoms with E-state index in [1.165, 1.54) is 6.07 Å². The Kier molecular flexibility index (Phi) is 5.20. The number of hydrogen-bond donors (Lipinski definition) is 3. The highest BCUT2D eigenvalue weighted by Crippen LogP contribution is 2.43. The topological polar surface area (TPSA) is 104 Å². The van der Waals surface area contributed by atoms with Crippen molar-refractivity contribution in [3.63, 3.8) is 0 Å². The number of aromatic nitrogens is 3. The van der Waals surface area contributed by atoms with Crippen molar-refractivity contribution in [2.24, 2.45) is 5.92 Å². The lowest BCUT2D eigenvalue weighted by atomic mass is 9.98. The molecule has 1 aromatic heterocycles. The van der Waals surface area contributed by atoms with Gasteiger partial charge in [0.1, 0.15) is 5.75 Å². The Balaban J connectivity index is 1.70. The number of nitrogen functional groups attached to an aromatic ring is 2. The number of alkyl halides is 3. The number of benzene rings is 2. The Morgan fingerprint density at radius 2 is 1.87 bits per heavy atom. The van der Waals surface area contributed by atoms with Gasteiger partial charge in [-0.2, -0.15) is 22.8 Å². The molecular formula is C19H18ClF3N6O. The highest BCUT2D eigenvalue weighted by Gasteiger charge is 2.36. The van der Waals surface area contributed by atoms with E-state index in [1.807, 2.05) is 0 Å². The van der Waals surface area contributed by atoms with Gasteiger partial charge in [-0.05, 0) is 29.8 Å². The van der Waals surface area contributed by atoms with Crippen LogP contribution in [-0.4, -0.2) is 34.5 Å². The Morgan fingerprint density at radius 3 is 2.40 bits per heavy atom. The van der Waals surface area contributed by atoms with E-state index in [0.29, 0.717) is 23.8 Å². The fourth-order valence-corrected chi connectivity index (χ4v) is 3.48. The summed E-state index contributed by atoms with van der Waals surface area (Å²) >= 11 is 6.28. The summed E-state index contributed by atoms with van der Waals surface area (Å²) in [5.41, 5.74) is 10.4. The van der Waals surface area contributed by atoms with Gasteiger partial charge in [0.2, 0.25) is 11.9 Å². The van der Waals surface area contributed by atoms with Crippen LogP contribution in [0, 0.1) is 5.92 Å².